The van der Waals surface area contributed by atoms with Crippen molar-refractivity contribution in [1.29, 1.82) is 0 Å². The first kappa shape index (κ1) is 14.7. The van der Waals surface area contributed by atoms with Gasteiger partial charge in [-0.2, -0.15) is 0 Å². The molecule has 1 aliphatic rings. The molecular weight excluding hydrogens is 260 g/mol. The molecule has 1 amide bonds. The number of hydrogen-bond acceptors (Lipinski definition) is 6. The molecular formula is C13H20N4O3. The van der Waals surface area contributed by atoms with E-state index in [2.05, 4.69) is 10.4 Å². The van der Waals surface area contributed by atoms with Crippen LogP contribution in [-0.2, 0) is 11.2 Å². The molecule has 1 atom stereocenters. The van der Waals surface area contributed by atoms with E-state index in [1.807, 2.05) is 6.92 Å². The van der Waals surface area contributed by atoms with Crippen LogP contribution in [0.25, 0.3) is 0 Å². The maximum absolute atomic E-state index is 12.5. The maximum Gasteiger partial charge on any atom is 0.254 e. The van der Waals surface area contributed by atoms with Gasteiger partial charge in [-0.05, 0) is 18.6 Å². The van der Waals surface area contributed by atoms with Gasteiger partial charge in [0.05, 0.1) is 19.3 Å². The lowest BCUT2D eigenvalue weighted by atomic mass is 10.1. The highest BCUT2D eigenvalue weighted by Gasteiger charge is 2.25. The maximum atomic E-state index is 12.5. The number of aliphatic hydroxyl groups excluding tert-OH is 1. The Balaban J connectivity index is 2.19. The average Bonchev–Trinajstić information content (AvgIpc) is 2.53. The number of rotatable bonds is 4. The number of pyridine rings is 1. The minimum Gasteiger partial charge on any atom is -0.394 e. The minimum atomic E-state index is -0.313. The Morgan fingerprint density at radius 3 is 3.10 bits per heavy atom. The molecule has 20 heavy (non-hydrogen) atoms. The Labute approximate surface area is 117 Å². The monoisotopic (exact) mass is 280 g/mol. The quantitative estimate of drug-likeness (QED) is 0.520. The third kappa shape index (κ3) is 3.24. The number of ether oxygens (including phenoxy) is 1. The lowest BCUT2D eigenvalue weighted by molar-refractivity contribution is -0.0447. The Hall–Kier alpha value is -1.70. The van der Waals surface area contributed by atoms with Crippen LogP contribution >= 0.6 is 0 Å². The molecule has 0 aromatic carbocycles. The highest BCUT2D eigenvalue weighted by Crippen LogP contribution is 2.15. The van der Waals surface area contributed by atoms with Crippen LogP contribution in [0.5, 0.6) is 0 Å². The van der Waals surface area contributed by atoms with Crippen molar-refractivity contribution in [3.63, 3.8) is 0 Å². The number of nitrogen functional groups attached to an aromatic ring is 1. The van der Waals surface area contributed by atoms with Crippen molar-refractivity contribution in [3.05, 3.63) is 23.4 Å². The Kier molecular flexibility index (Phi) is 4.89. The standard InChI is InChI=1S/C13H20N4O3/c1-2-10-5-9(6-12(15-10)16-14)13(19)17-3-4-20-11(7-17)8-18/h5-6,11,18H,2-4,7-8,14H2,1H3,(H,15,16). The van der Waals surface area contributed by atoms with Gasteiger partial charge >= 0.3 is 0 Å². The van der Waals surface area contributed by atoms with E-state index in [1.54, 1.807) is 17.0 Å². The van der Waals surface area contributed by atoms with Gasteiger partial charge in [-0.15, -0.1) is 0 Å². The zero-order chi connectivity index (χ0) is 14.5. The average molecular weight is 280 g/mol. The fourth-order valence-corrected chi connectivity index (χ4v) is 2.16. The number of carbonyl (C=O) groups is 1. The molecule has 1 saturated heterocycles. The first-order chi connectivity index (χ1) is 9.67. The highest BCUT2D eigenvalue weighted by atomic mass is 16.5. The van der Waals surface area contributed by atoms with Crippen LogP contribution in [0.4, 0.5) is 5.82 Å². The van der Waals surface area contributed by atoms with Gasteiger partial charge in [-0.3, -0.25) is 4.79 Å². The second-order valence-electron chi connectivity index (χ2n) is 4.66. The molecule has 110 valence electrons. The minimum absolute atomic E-state index is 0.0874. The number of anilines is 1. The molecule has 2 heterocycles. The summed E-state index contributed by atoms with van der Waals surface area (Å²) in [5.41, 5.74) is 3.82. The SMILES string of the molecule is CCc1cc(C(=O)N2CCOC(CO)C2)cc(NN)n1. The lowest BCUT2D eigenvalue weighted by Gasteiger charge is -2.32. The summed E-state index contributed by atoms with van der Waals surface area (Å²) in [5.74, 6) is 5.75. The number of aromatic nitrogens is 1. The van der Waals surface area contributed by atoms with E-state index in [4.69, 9.17) is 15.7 Å². The van der Waals surface area contributed by atoms with Gasteiger partial charge in [-0.1, -0.05) is 6.92 Å². The topological polar surface area (TPSA) is 101 Å². The van der Waals surface area contributed by atoms with E-state index < -0.39 is 0 Å². The number of carbonyl (C=O) groups excluding carboxylic acids is 1. The first-order valence-electron chi connectivity index (χ1n) is 6.67. The van der Waals surface area contributed by atoms with Crippen molar-refractivity contribution in [2.24, 2.45) is 5.84 Å². The fraction of sp³-hybridized carbons (Fsp3) is 0.538. The molecule has 2 rings (SSSR count). The molecule has 0 spiro atoms. The predicted molar refractivity (Wildman–Crippen MR) is 74.2 cm³/mol. The number of nitrogens with two attached hydrogens (primary N) is 1. The largest absolute Gasteiger partial charge is 0.394 e. The normalized spacial score (nSPS) is 18.9. The van der Waals surface area contributed by atoms with E-state index in [-0.39, 0.29) is 18.6 Å². The van der Waals surface area contributed by atoms with E-state index >= 15 is 0 Å². The Morgan fingerprint density at radius 2 is 2.45 bits per heavy atom. The van der Waals surface area contributed by atoms with Crippen LogP contribution in [-0.4, -0.2) is 53.3 Å². The van der Waals surface area contributed by atoms with Crippen molar-refractivity contribution in [2.45, 2.75) is 19.4 Å². The summed E-state index contributed by atoms with van der Waals surface area (Å²) in [4.78, 5) is 18.4. The number of aryl methyl sites for hydroxylation is 1. The fourth-order valence-electron chi connectivity index (χ4n) is 2.16. The van der Waals surface area contributed by atoms with Crippen LogP contribution in [0.1, 0.15) is 23.0 Å². The second kappa shape index (κ2) is 6.65. The predicted octanol–water partition coefficient (Wildman–Crippen LogP) is -0.237. The Bertz CT molecular complexity index is 458. The zero-order valence-electron chi connectivity index (χ0n) is 11.5. The second-order valence-corrected chi connectivity index (χ2v) is 4.66. The molecule has 7 nitrogen and oxygen atoms in total. The van der Waals surface area contributed by atoms with E-state index in [0.29, 0.717) is 31.1 Å². The van der Waals surface area contributed by atoms with Gasteiger partial charge in [0, 0.05) is 24.3 Å². The number of nitrogens with one attached hydrogen (secondary N) is 1. The molecule has 0 saturated carbocycles. The molecule has 0 aliphatic carbocycles. The number of morpholine rings is 1. The molecule has 1 aromatic rings. The van der Waals surface area contributed by atoms with E-state index in [1.165, 1.54) is 0 Å². The number of aliphatic hydroxyl groups is 1. The lowest BCUT2D eigenvalue weighted by Crippen LogP contribution is -2.46. The summed E-state index contributed by atoms with van der Waals surface area (Å²) in [6.07, 6.45) is 0.408. The number of hydrazine groups is 1. The van der Waals surface area contributed by atoms with Gasteiger partial charge < -0.3 is 20.2 Å². The summed E-state index contributed by atoms with van der Waals surface area (Å²) in [6, 6.07) is 3.40. The molecule has 7 heteroatoms. The van der Waals surface area contributed by atoms with Crippen molar-refractivity contribution >= 4 is 11.7 Å². The smallest absolute Gasteiger partial charge is 0.254 e. The number of amides is 1. The number of hydrogen-bond donors (Lipinski definition) is 3. The van der Waals surface area contributed by atoms with Gasteiger partial charge in [0.25, 0.3) is 5.91 Å². The molecule has 0 radical (unpaired) electrons. The highest BCUT2D eigenvalue weighted by molar-refractivity contribution is 5.95. The van der Waals surface area contributed by atoms with Gasteiger partial charge in [0.2, 0.25) is 0 Å². The molecule has 0 bridgehead atoms. The van der Waals surface area contributed by atoms with Crippen molar-refractivity contribution in [1.82, 2.24) is 9.88 Å². The van der Waals surface area contributed by atoms with Crippen molar-refractivity contribution in [3.8, 4) is 0 Å². The third-order valence-electron chi connectivity index (χ3n) is 3.27. The summed E-state index contributed by atoms with van der Waals surface area (Å²) < 4.78 is 5.34. The van der Waals surface area contributed by atoms with E-state index in [0.717, 1.165) is 12.1 Å². The third-order valence-corrected chi connectivity index (χ3v) is 3.27. The zero-order valence-corrected chi connectivity index (χ0v) is 11.5. The molecule has 1 unspecified atom stereocenters. The summed E-state index contributed by atoms with van der Waals surface area (Å²) in [6.45, 7) is 3.23. The van der Waals surface area contributed by atoms with E-state index in [9.17, 15) is 4.79 Å². The molecule has 1 fully saturated rings. The first-order valence-corrected chi connectivity index (χ1v) is 6.67. The molecule has 1 aliphatic heterocycles. The van der Waals surface area contributed by atoms with Gasteiger partial charge in [0.15, 0.2) is 0 Å². The van der Waals surface area contributed by atoms with Crippen LogP contribution in [0, 0.1) is 0 Å². The summed E-state index contributed by atoms with van der Waals surface area (Å²) in [7, 11) is 0. The van der Waals surface area contributed by atoms with Crippen LogP contribution < -0.4 is 11.3 Å². The van der Waals surface area contributed by atoms with Crippen LogP contribution in [0.15, 0.2) is 12.1 Å². The Morgan fingerprint density at radius 1 is 1.65 bits per heavy atom. The number of nitrogens with zero attached hydrogens (tertiary/aromatic N) is 2. The van der Waals surface area contributed by atoms with Gasteiger partial charge in [-0.25, -0.2) is 10.8 Å². The summed E-state index contributed by atoms with van der Waals surface area (Å²) in [5, 5.41) is 9.13. The van der Waals surface area contributed by atoms with Gasteiger partial charge in [0.1, 0.15) is 5.82 Å². The van der Waals surface area contributed by atoms with Crippen molar-refractivity contribution < 1.29 is 14.6 Å². The van der Waals surface area contributed by atoms with Crippen LogP contribution in [0.3, 0.4) is 0 Å². The molecule has 4 N–H and O–H groups in total. The van der Waals surface area contributed by atoms with Crippen LogP contribution in [0.2, 0.25) is 0 Å². The molecule has 1 aromatic heterocycles. The summed E-state index contributed by atoms with van der Waals surface area (Å²) >= 11 is 0. The van der Waals surface area contributed by atoms with Crippen molar-refractivity contribution in [2.75, 3.05) is 31.7 Å².